The number of hydrogen-bond donors (Lipinski definition) is 2. The van der Waals surface area contributed by atoms with E-state index in [4.69, 9.17) is 0 Å². The monoisotopic (exact) mass is 280 g/mol. The second-order valence-electron chi connectivity index (χ2n) is 4.52. The van der Waals surface area contributed by atoms with Crippen LogP contribution in [0.2, 0.25) is 0 Å². The first-order chi connectivity index (χ1) is 10.2. The summed E-state index contributed by atoms with van der Waals surface area (Å²) in [6, 6.07) is 16.2. The summed E-state index contributed by atoms with van der Waals surface area (Å²) >= 11 is 0. The molecule has 2 N–H and O–H groups in total. The smallest absolute Gasteiger partial charge is 0.275 e. The van der Waals surface area contributed by atoms with Crippen LogP contribution in [-0.2, 0) is 0 Å². The number of amides is 1. The first-order valence-corrected chi connectivity index (χ1v) is 6.51. The number of para-hydroxylation sites is 1. The van der Waals surface area contributed by atoms with Crippen molar-refractivity contribution in [3.8, 4) is 5.75 Å². The van der Waals surface area contributed by atoms with Gasteiger partial charge in [-0.3, -0.25) is 4.79 Å². The van der Waals surface area contributed by atoms with Crippen molar-refractivity contribution in [1.82, 2.24) is 5.43 Å². The van der Waals surface area contributed by atoms with Crippen LogP contribution in [0.1, 0.15) is 22.8 Å². The Labute approximate surface area is 123 Å². The van der Waals surface area contributed by atoms with E-state index >= 15 is 0 Å². The van der Waals surface area contributed by atoms with Crippen LogP contribution in [0.25, 0.3) is 6.08 Å². The van der Waals surface area contributed by atoms with E-state index in [0.29, 0.717) is 0 Å². The first kappa shape index (κ1) is 14.5. The third-order valence-corrected chi connectivity index (χ3v) is 2.78. The largest absolute Gasteiger partial charge is 0.507 e. The Morgan fingerprint density at radius 2 is 1.76 bits per heavy atom. The van der Waals surface area contributed by atoms with Crippen molar-refractivity contribution in [1.29, 1.82) is 0 Å². The van der Waals surface area contributed by atoms with Crippen molar-refractivity contribution in [3.63, 3.8) is 0 Å². The van der Waals surface area contributed by atoms with Gasteiger partial charge < -0.3 is 5.11 Å². The van der Waals surface area contributed by atoms with Crippen molar-refractivity contribution >= 4 is 18.2 Å². The molecule has 106 valence electrons. The normalized spacial score (nSPS) is 11.6. The van der Waals surface area contributed by atoms with E-state index in [9.17, 15) is 9.90 Å². The molecular weight excluding hydrogens is 264 g/mol. The Hall–Kier alpha value is -2.88. The number of benzene rings is 2. The SMILES string of the molecule is CC(=C/c1ccccc1)/C=N/NC(=O)c1ccccc1O. The summed E-state index contributed by atoms with van der Waals surface area (Å²) in [5, 5.41) is 13.4. The molecule has 0 saturated carbocycles. The van der Waals surface area contributed by atoms with Gasteiger partial charge in [0.2, 0.25) is 0 Å². The van der Waals surface area contributed by atoms with Gasteiger partial charge in [0.25, 0.3) is 5.91 Å². The van der Waals surface area contributed by atoms with Gasteiger partial charge in [-0.15, -0.1) is 0 Å². The molecule has 0 aliphatic carbocycles. The molecule has 0 unspecified atom stereocenters. The first-order valence-electron chi connectivity index (χ1n) is 6.51. The zero-order chi connectivity index (χ0) is 15.1. The van der Waals surface area contributed by atoms with Crippen LogP contribution in [0.4, 0.5) is 0 Å². The number of phenolic OH excluding ortho intramolecular Hbond substituents is 1. The molecule has 0 heterocycles. The minimum Gasteiger partial charge on any atom is -0.507 e. The van der Waals surface area contributed by atoms with Gasteiger partial charge in [-0.05, 0) is 30.2 Å². The van der Waals surface area contributed by atoms with Gasteiger partial charge in [0.15, 0.2) is 0 Å². The van der Waals surface area contributed by atoms with Gasteiger partial charge >= 0.3 is 0 Å². The van der Waals surface area contributed by atoms with E-state index in [1.54, 1.807) is 18.3 Å². The summed E-state index contributed by atoms with van der Waals surface area (Å²) in [7, 11) is 0. The predicted molar refractivity (Wildman–Crippen MR) is 84.2 cm³/mol. The van der Waals surface area contributed by atoms with Crippen LogP contribution in [-0.4, -0.2) is 17.2 Å². The van der Waals surface area contributed by atoms with Crippen LogP contribution < -0.4 is 5.43 Å². The summed E-state index contributed by atoms with van der Waals surface area (Å²) in [4.78, 5) is 11.8. The molecule has 0 fully saturated rings. The van der Waals surface area contributed by atoms with Gasteiger partial charge in [-0.25, -0.2) is 5.43 Å². The van der Waals surface area contributed by atoms with Gasteiger partial charge in [0.1, 0.15) is 5.75 Å². The Morgan fingerprint density at radius 3 is 2.48 bits per heavy atom. The van der Waals surface area contributed by atoms with Gasteiger partial charge in [0.05, 0.1) is 11.8 Å². The molecule has 0 atom stereocenters. The molecule has 4 nitrogen and oxygen atoms in total. The summed E-state index contributed by atoms with van der Waals surface area (Å²) < 4.78 is 0. The predicted octanol–water partition coefficient (Wildman–Crippen LogP) is 3.21. The maximum atomic E-state index is 11.8. The second-order valence-corrected chi connectivity index (χ2v) is 4.52. The number of phenols is 1. The molecule has 0 aromatic heterocycles. The Bertz CT molecular complexity index is 676. The quantitative estimate of drug-likeness (QED) is 0.667. The zero-order valence-electron chi connectivity index (χ0n) is 11.7. The van der Waals surface area contributed by atoms with Gasteiger partial charge in [0, 0.05) is 0 Å². The van der Waals surface area contributed by atoms with Crippen molar-refractivity contribution < 1.29 is 9.90 Å². The Balaban J connectivity index is 1.98. The average Bonchev–Trinajstić information content (AvgIpc) is 2.48. The molecular formula is C17H16N2O2. The van der Waals surface area contributed by atoms with E-state index in [2.05, 4.69) is 10.5 Å². The number of nitrogens with zero attached hydrogens (tertiary/aromatic N) is 1. The molecule has 0 radical (unpaired) electrons. The van der Waals surface area contributed by atoms with Crippen LogP contribution in [0.15, 0.2) is 65.3 Å². The number of nitrogens with one attached hydrogen (secondary N) is 1. The molecule has 21 heavy (non-hydrogen) atoms. The van der Waals surface area contributed by atoms with Crippen molar-refractivity contribution in [3.05, 3.63) is 71.3 Å². The highest BCUT2D eigenvalue weighted by Gasteiger charge is 2.08. The van der Waals surface area contributed by atoms with E-state index in [0.717, 1.165) is 11.1 Å². The Morgan fingerprint density at radius 1 is 1.10 bits per heavy atom. The van der Waals surface area contributed by atoms with E-state index in [1.165, 1.54) is 12.1 Å². The number of carbonyl (C=O) groups excluding carboxylic acids is 1. The fourth-order valence-corrected chi connectivity index (χ4v) is 1.77. The molecule has 0 aliphatic heterocycles. The highest BCUT2D eigenvalue weighted by atomic mass is 16.3. The lowest BCUT2D eigenvalue weighted by molar-refractivity contribution is 0.0952. The average molecular weight is 280 g/mol. The maximum Gasteiger partial charge on any atom is 0.275 e. The van der Waals surface area contributed by atoms with Crippen molar-refractivity contribution in [2.24, 2.45) is 5.10 Å². The number of rotatable bonds is 4. The Kier molecular flexibility index (Phi) is 4.88. The third-order valence-electron chi connectivity index (χ3n) is 2.78. The second kappa shape index (κ2) is 7.05. The lowest BCUT2D eigenvalue weighted by atomic mass is 10.1. The highest BCUT2D eigenvalue weighted by Crippen LogP contribution is 2.14. The summed E-state index contributed by atoms with van der Waals surface area (Å²) in [6.45, 7) is 1.89. The van der Waals surface area contributed by atoms with Crippen molar-refractivity contribution in [2.45, 2.75) is 6.92 Å². The molecule has 0 bridgehead atoms. The van der Waals surface area contributed by atoms with E-state index < -0.39 is 5.91 Å². The fraction of sp³-hybridized carbons (Fsp3) is 0.0588. The van der Waals surface area contributed by atoms with Crippen molar-refractivity contribution in [2.75, 3.05) is 0 Å². The van der Waals surface area contributed by atoms with Crippen LogP contribution in [0.3, 0.4) is 0 Å². The number of hydrazone groups is 1. The molecule has 0 spiro atoms. The molecule has 4 heteroatoms. The summed E-state index contributed by atoms with van der Waals surface area (Å²) in [5.41, 5.74) is 4.55. The number of aromatic hydroxyl groups is 1. The summed E-state index contributed by atoms with van der Waals surface area (Å²) in [5.74, 6) is -0.515. The molecule has 2 aromatic rings. The van der Waals surface area contributed by atoms with Gasteiger partial charge in [-0.1, -0.05) is 48.5 Å². The molecule has 1 amide bonds. The molecule has 0 saturated heterocycles. The minimum atomic E-state index is -0.447. The molecule has 2 aromatic carbocycles. The maximum absolute atomic E-state index is 11.8. The summed E-state index contributed by atoms with van der Waals surface area (Å²) in [6.07, 6.45) is 3.51. The topological polar surface area (TPSA) is 61.7 Å². The third kappa shape index (κ3) is 4.31. The molecule has 0 aliphatic rings. The lowest BCUT2D eigenvalue weighted by Crippen LogP contribution is -2.17. The lowest BCUT2D eigenvalue weighted by Gasteiger charge is -2.01. The minimum absolute atomic E-state index is 0.0678. The fourth-order valence-electron chi connectivity index (χ4n) is 1.77. The number of hydrogen-bond acceptors (Lipinski definition) is 3. The van der Waals surface area contributed by atoms with Crippen LogP contribution in [0, 0.1) is 0 Å². The van der Waals surface area contributed by atoms with E-state index in [1.807, 2.05) is 43.3 Å². The molecule has 2 rings (SSSR count). The van der Waals surface area contributed by atoms with Crippen LogP contribution in [0.5, 0.6) is 5.75 Å². The van der Waals surface area contributed by atoms with Crippen LogP contribution >= 0.6 is 0 Å². The number of carbonyl (C=O) groups is 1. The zero-order valence-corrected chi connectivity index (χ0v) is 11.7. The highest BCUT2D eigenvalue weighted by molar-refractivity contribution is 5.97. The standard InChI is InChI=1S/C17H16N2O2/c1-13(11-14-7-3-2-4-8-14)12-18-19-17(21)15-9-5-6-10-16(15)20/h2-12,20H,1H3,(H,19,21)/b13-11-,18-12+. The number of allylic oxidation sites excluding steroid dienone is 1. The van der Waals surface area contributed by atoms with E-state index in [-0.39, 0.29) is 11.3 Å². The van der Waals surface area contributed by atoms with Gasteiger partial charge in [-0.2, -0.15) is 5.10 Å².